The van der Waals surface area contributed by atoms with Crippen molar-refractivity contribution < 1.29 is 14.1 Å². The first-order chi connectivity index (χ1) is 10.2. The minimum absolute atomic E-state index is 0.292. The maximum Gasteiger partial charge on any atom is 0.321 e. The van der Waals surface area contributed by atoms with Gasteiger partial charge in [-0.15, -0.1) is 0 Å². The van der Waals surface area contributed by atoms with Gasteiger partial charge in [-0.1, -0.05) is 11.6 Å². The molecule has 0 radical (unpaired) electrons. The molecule has 1 aliphatic rings. The van der Waals surface area contributed by atoms with Crippen LogP contribution in [0.25, 0.3) is 11.6 Å². The number of nitrogens with zero attached hydrogens (tertiary/aromatic N) is 4. The van der Waals surface area contributed by atoms with Crippen LogP contribution >= 0.6 is 0 Å². The average molecular weight is 288 g/mol. The first-order valence-electron chi connectivity index (χ1n) is 6.96. The van der Waals surface area contributed by atoms with Gasteiger partial charge in [-0.05, 0) is 32.3 Å². The van der Waals surface area contributed by atoms with E-state index in [-0.39, 0.29) is 5.97 Å². The van der Waals surface area contributed by atoms with Gasteiger partial charge in [-0.2, -0.15) is 4.98 Å². The van der Waals surface area contributed by atoms with Crippen LogP contribution in [0.15, 0.2) is 16.9 Å². The lowest BCUT2D eigenvalue weighted by Crippen LogP contribution is -2.44. The number of hydrogen-bond acceptors (Lipinski definition) is 7. The summed E-state index contributed by atoms with van der Waals surface area (Å²) in [7, 11) is 0. The average Bonchev–Trinajstić information content (AvgIpc) is 2.88. The number of ether oxygens (including phenoxy) is 1. The summed E-state index contributed by atoms with van der Waals surface area (Å²) in [5, 5.41) is 3.89. The molecule has 0 bridgehead atoms. The predicted molar refractivity (Wildman–Crippen MR) is 72.2 cm³/mol. The van der Waals surface area contributed by atoms with E-state index in [9.17, 15) is 4.79 Å². The van der Waals surface area contributed by atoms with Crippen LogP contribution < -0.4 is 0 Å². The summed E-state index contributed by atoms with van der Waals surface area (Å²) in [5.41, 5.74) is 0.163. The highest BCUT2D eigenvalue weighted by Crippen LogP contribution is 2.44. The summed E-state index contributed by atoms with van der Waals surface area (Å²) in [5.74, 6) is 0.678. The van der Waals surface area contributed by atoms with E-state index in [0.717, 1.165) is 12.0 Å². The Balaban J connectivity index is 1.90. The van der Waals surface area contributed by atoms with Crippen LogP contribution in [-0.2, 0) is 14.9 Å². The Bertz CT molecular complexity index is 646. The van der Waals surface area contributed by atoms with Gasteiger partial charge in [-0.25, -0.2) is 9.97 Å². The molecule has 0 atom stereocenters. The fourth-order valence-corrected chi connectivity index (χ4v) is 2.32. The SMILES string of the molecule is CCOC(=O)C1(c2nc(-c3ncc(C)cn3)no2)CCC1. The number of esters is 1. The summed E-state index contributed by atoms with van der Waals surface area (Å²) >= 11 is 0. The molecule has 3 rings (SSSR count). The topological polar surface area (TPSA) is 91.0 Å². The van der Waals surface area contributed by atoms with Crippen molar-refractivity contribution in [3.05, 3.63) is 23.8 Å². The molecule has 21 heavy (non-hydrogen) atoms. The minimum atomic E-state index is -0.786. The molecule has 2 aromatic heterocycles. The number of carbonyl (C=O) groups is 1. The Morgan fingerprint density at radius 1 is 1.33 bits per heavy atom. The molecule has 110 valence electrons. The van der Waals surface area contributed by atoms with E-state index >= 15 is 0 Å². The molecule has 0 saturated heterocycles. The van der Waals surface area contributed by atoms with Gasteiger partial charge < -0.3 is 9.26 Å². The predicted octanol–water partition coefficient (Wildman–Crippen LogP) is 1.82. The van der Waals surface area contributed by atoms with Crippen molar-refractivity contribution >= 4 is 5.97 Å². The van der Waals surface area contributed by atoms with Crippen molar-refractivity contribution in [2.45, 2.75) is 38.5 Å². The molecule has 0 amide bonds. The van der Waals surface area contributed by atoms with Crippen molar-refractivity contribution in [2.24, 2.45) is 0 Å². The number of rotatable bonds is 4. The zero-order valence-electron chi connectivity index (χ0n) is 12.0. The third-order valence-corrected chi connectivity index (χ3v) is 3.69. The smallest absolute Gasteiger partial charge is 0.321 e. The van der Waals surface area contributed by atoms with E-state index in [0.29, 0.717) is 37.0 Å². The molecule has 1 aliphatic carbocycles. The lowest BCUT2D eigenvalue weighted by atomic mass is 9.68. The van der Waals surface area contributed by atoms with Crippen LogP contribution in [0.5, 0.6) is 0 Å². The monoisotopic (exact) mass is 288 g/mol. The van der Waals surface area contributed by atoms with Crippen molar-refractivity contribution in [1.29, 1.82) is 0 Å². The van der Waals surface area contributed by atoms with Crippen molar-refractivity contribution in [3.63, 3.8) is 0 Å². The van der Waals surface area contributed by atoms with Crippen LogP contribution in [0.1, 0.15) is 37.6 Å². The zero-order valence-corrected chi connectivity index (χ0v) is 12.0. The lowest BCUT2D eigenvalue weighted by Gasteiger charge is -2.35. The van der Waals surface area contributed by atoms with Gasteiger partial charge in [0, 0.05) is 12.4 Å². The third-order valence-electron chi connectivity index (χ3n) is 3.69. The van der Waals surface area contributed by atoms with E-state index in [1.54, 1.807) is 19.3 Å². The van der Waals surface area contributed by atoms with E-state index in [1.165, 1.54) is 0 Å². The molecule has 1 fully saturated rings. The van der Waals surface area contributed by atoms with E-state index in [1.807, 2.05) is 6.92 Å². The largest absolute Gasteiger partial charge is 0.465 e. The molecule has 0 aliphatic heterocycles. The molecule has 0 unspecified atom stereocenters. The van der Waals surface area contributed by atoms with Crippen LogP contribution in [0, 0.1) is 6.92 Å². The minimum Gasteiger partial charge on any atom is -0.465 e. The highest BCUT2D eigenvalue weighted by Gasteiger charge is 2.52. The Kier molecular flexibility index (Phi) is 3.40. The third kappa shape index (κ3) is 2.28. The fraction of sp³-hybridized carbons (Fsp3) is 0.500. The quantitative estimate of drug-likeness (QED) is 0.792. The maximum absolute atomic E-state index is 12.2. The highest BCUT2D eigenvalue weighted by molar-refractivity contribution is 5.83. The van der Waals surface area contributed by atoms with Gasteiger partial charge >= 0.3 is 5.97 Å². The van der Waals surface area contributed by atoms with Gasteiger partial charge in [0.15, 0.2) is 0 Å². The molecule has 7 nitrogen and oxygen atoms in total. The second-order valence-electron chi connectivity index (χ2n) is 5.16. The highest BCUT2D eigenvalue weighted by atomic mass is 16.5. The van der Waals surface area contributed by atoms with Crippen LogP contribution in [0.2, 0.25) is 0 Å². The van der Waals surface area contributed by atoms with Gasteiger partial charge in [0.25, 0.3) is 0 Å². The van der Waals surface area contributed by atoms with Gasteiger partial charge in [-0.3, -0.25) is 4.79 Å². The summed E-state index contributed by atoms with van der Waals surface area (Å²) < 4.78 is 10.4. The normalized spacial score (nSPS) is 16.3. The van der Waals surface area contributed by atoms with E-state index in [4.69, 9.17) is 9.26 Å². The number of hydrogen-bond donors (Lipinski definition) is 0. The number of carbonyl (C=O) groups excluding carboxylic acids is 1. The van der Waals surface area contributed by atoms with Crippen molar-refractivity contribution in [3.8, 4) is 11.6 Å². The van der Waals surface area contributed by atoms with Crippen molar-refractivity contribution in [1.82, 2.24) is 20.1 Å². The van der Waals surface area contributed by atoms with Crippen molar-refractivity contribution in [2.75, 3.05) is 6.61 Å². The van der Waals surface area contributed by atoms with Crippen LogP contribution in [0.4, 0.5) is 0 Å². The number of aryl methyl sites for hydroxylation is 1. The number of aromatic nitrogens is 4. The summed E-state index contributed by atoms with van der Waals surface area (Å²) in [6, 6.07) is 0. The molecule has 2 aromatic rings. The maximum atomic E-state index is 12.2. The second-order valence-corrected chi connectivity index (χ2v) is 5.16. The standard InChI is InChI=1S/C14H16N4O3/c1-3-20-13(19)14(5-4-6-14)12-17-11(18-21-12)10-15-7-9(2)8-16-10/h7-8H,3-6H2,1-2H3. The van der Waals surface area contributed by atoms with E-state index < -0.39 is 5.41 Å². The molecular weight excluding hydrogens is 272 g/mol. The summed E-state index contributed by atoms with van der Waals surface area (Å²) in [4.78, 5) is 24.8. The van der Waals surface area contributed by atoms with Crippen LogP contribution in [-0.4, -0.2) is 32.7 Å². The molecular formula is C14H16N4O3. The van der Waals surface area contributed by atoms with Gasteiger partial charge in [0.1, 0.15) is 5.41 Å². The molecule has 2 heterocycles. The Hall–Kier alpha value is -2.31. The molecule has 7 heteroatoms. The Labute approximate surface area is 121 Å². The Morgan fingerprint density at radius 3 is 2.62 bits per heavy atom. The fourth-order valence-electron chi connectivity index (χ4n) is 2.32. The van der Waals surface area contributed by atoms with E-state index in [2.05, 4.69) is 20.1 Å². The van der Waals surface area contributed by atoms with Gasteiger partial charge in [0.2, 0.25) is 17.5 Å². The van der Waals surface area contributed by atoms with Gasteiger partial charge in [0.05, 0.1) is 6.61 Å². The lowest BCUT2D eigenvalue weighted by molar-refractivity contribution is -0.155. The first-order valence-corrected chi connectivity index (χ1v) is 6.96. The molecule has 0 spiro atoms. The molecule has 0 aromatic carbocycles. The first kappa shape index (κ1) is 13.7. The second kappa shape index (κ2) is 5.23. The molecule has 1 saturated carbocycles. The molecule has 0 N–H and O–H groups in total. The van der Waals surface area contributed by atoms with Crippen LogP contribution in [0.3, 0.4) is 0 Å². The summed E-state index contributed by atoms with van der Waals surface area (Å²) in [6.07, 6.45) is 5.65. The zero-order chi connectivity index (χ0) is 14.9. The Morgan fingerprint density at radius 2 is 2.05 bits per heavy atom. The summed E-state index contributed by atoms with van der Waals surface area (Å²) in [6.45, 7) is 4.02.